The third-order valence-electron chi connectivity index (χ3n) is 6.83. The Morgan fingerprint density at radius 2 is 1.00 bits per heavy atom. The van der Waals surface area contributed by atoms with Crippen molar-refractivity contribution in [2.75, 3.05) is 36.5 Å². The fraction of sp³-hybridized carbons (Fsp3) is 0.200. The fourth-order valence-corrected chi connectivity index (χ4v) is 9.14. The van der Waals surface area contributed by atoms with Crippen LogP contribution in [0.15, 0.2) is 72.8 Å². The van der Waals surface area contributed by atoms with E-state index in [1.807, 2.05) is 0 Å². The molecule has 12 heteroatoms. The van der Waals surface area contributed by atoms with Crippen molar-refractivity contribution >= 4 is 38.5 Å². The van der Waals surface area contributed by atoms with E-state index in [1.54, 1.807) is 86.9 Å². The third-order valence-corrected chi connectivity index (χ3v) is 11.6. The van der Waals surface area contributed by atoms with Gasteiger partial charge in [0.05, 0.1) is 22.5 Å². The lowest BCUT2D eigenvalue weighted by molar-refractivity contribution is 0.0827. The third kappa shape index (κ3) is 3.40. The molecule has 2 atom stereocenters. The van der Waals surface area contributed by atoms with Crippen molar-refractivity contribution < 1.29 is 27.8 Å². The van der Waals surface area contributed by atoms with E-state index in [4.69, 9.17) is 9.05 Å². The van der Waals surface area contributed by atoms with Crippen LogP contribution in [-0.2, 0) is 9.13 Å². The van der Waals surface area contributed by atoms with Gasteiger partial charge in [-0.2, -0.15) is 0 Å². The number of rotatable bonds is 0. The summed E-state index contributed by atoms with van der Waals surface area (Å²) in [5.74, 6) is -0.783. The zero-order valence-electron chi connectivity index (χ0n) is 20.2. The molecule has 0 aromatic heterocycles. The Morgan fingerprint density at radius 3 is 1.43 bits per heavy atom. The molecular weight excluding hydrogens is 514 g/mol. The number of carbonyl (C=O) groups is 2. The van der Waals surface area contributed by atoms with Gasteiger partial charge in [-0.1, -0.05) is 36.4 Å². The Bertz CT molecular complexity index is 1430. The average Bonchev–Trinajstić information content (AvgIpc) is 2.93. The molecule has 0 aliphatic carbocycles. The fourth-order valence-electron chi connectivity index (χ4n) is 4.88. The minimum Gasteiger partial charge on any atom is -0.410 e. The average molecular weight is 538 g/mol. The molecule has 0 spiro atoms. The molecule has 190 valence electrons. The van der Waals surface area contributed by atoms with Crippen LogP contribution in [-0.4, -0.2) is 48.3 Å². The van der Waals surface area contributed by atoms with Crippen molar-refractivity contribution in [3.8, 4) is 11.5 Å². The smallest absolute Gasteiger partial charge is 0.410 e. The van der Waals surface area contributed by atoms with Gasteiger partial charge in [0.25, 0.3) is 11.8 Å². The standard InChI is InChI=1S/C25H24N4O6P2/c1-26-20-12-5-3-10-18(20)24(30)28-16-9-17-29-25(31)19-11-4-6-13-21(19)27(2)37(29,33)35-23-15-8-7-14-22(23)34-36(26,28)32/h3-8,10-15H,9,16-17H2,1-2H3. The first-order valence-electron chi connectivity index (χ1n) is 11.8. The van der Waals surface area contributed by atoms with Crippen LogP contribution < -0.4 is 18.4 Å². The van der Waals surface area contributed by atoms with E-state index < -0.39 is 27.2 Å². The van der Waals surface area contributed by atoms with Gasteiger partial charge in [0.15, 0.2) is 11.5 Å². The van der Waals surface area contributed by atoms with Crippen molar-refractivity contribution in [2.24, 2.45) is 0 Å². The SMILES string of the molecule is CN1c2ccccc2C(=O)N2CCCN3C(=O)c4ccccc4N(C)P3(=O)Oc3ccccc3OP21=O. The molecule has 0 saturated heterocycles. The molecule has 3 aromatic carbocycles. The van der Waals surface area contributed by atoms with Gasteiger partial charge in [0, 0.05) is 27.2 Å². The maximum Gasteiger partial charge on any atom is 0.451 e. The Morgan fingerprint density at radius 1 is 0.622 bits per heavy atom. The van der Waals surface area contributed by atoms with E-state index in [0.29, 0.717) is 22.5 Å². The molecule has 0 N–H and O–H groups in total. The van der Waals surface area contributed by atoms with Crippen LogP contribution in [0.2, 0.25) is 0 Å². The molecule has 37 heavy (non-hydrogen) atoms. The van der Waals surface area contributed by atoms with Gasteiger partial charge in [0.1, 0.15) is 0 Å². The number of para-hydroxylation sites is 4. The summed E-state index contributed by atoms with van der Waals surface area (Å²) >= 11 is 0. The van der Waals surface area contributed by atoms with Gasteiger partial charge in [0.2, 0.25) is 0 Å². The number of nitrogens with zero attached hydrogens (tertiary/aromatic N) is 4. The summed E-state index contributed by atoms with van der Waals surface area (Å²) in [6.45, 7) is 0.0121. The summed E-state index contributed by atoms with van der Waals surface area (Å²) in [5, 5.41) is 0. The number of hydrogen-bond donors (Lipinski definition) is 0. The predicted octanol–water partition coefficient (Wildman–Crippen LogP) is 5.25. The Balaban J connectivity index is 1.51. The van der Waals surface area contributed by atoms with Crippen molar-refractivity contribution in [3.63, 3.8) is 0 Å². The summed E-state index contributed by atoms with van der Waals surface area (Å²) in [5.41, 5.74) is 1.76. The monoisotopic (exact) mass is 538 g/mol. The molecule has 0 bridgehead atoms. The molecule has 3 aliphatic rings. The lowest BCUT2D eigenvalue weighted by Crippen LogP contribution is -2.44. The Hall–Kier alpha value is -3.74. The van der Waals surface area contributed by atoms with E-state index in [0.717, 1.165) is 0 Å². The summed E-state index contributed by atoms with van der Waals surface area (Å²) in [7, 11) is -4.75. The summed E-state index contributed by atoms with van der Waals surface area (Å²) < 4.78 is 46.7. The lowest BCUT2D eigenvalue weighted by atomic mass is 10.1. The first-order chi connectivity index (χ1) is 17.8. The molecule has 0 saturated carbocycles. The van der Waals surface area contributed by atoms with Crippen LogP contribution in [0.5, 0.6) is 11.5 Å². The topological polar surface area (TPSA) is 99.7 Å². The molecule has 6 rings (SSSR count). The number of anilines is 2. The summed E-state index contributed by atoms with van der Waals surface area (Å²) in [6, 6.07) is 20.2. The van der Waals surface area contributed by atoms with Crippen LogP contribution in [0.25, 0.3) is 0 Å². The predicted molar refractivity (Wildman–Crippen MR) is 139 cm³/mol. The molecule has 3 heterocycles. The van der Waals surface area contributed by atoms with Gasteiger partial charge >= 0.3 is 15.3 Å². The van der Waals surface area contributed by atoms with Crippen LogP contribution in [0.3, 0.4) is 0 Å². The quantitative estimate of drug-likeness (QED) is 0.358. The van der Waals surface area contributed by atoms with E-state index in [2.05, 4.69) is 0 Å². The second-order valence-corrected chi connectivity index (χ2v) is 13.4. The molecule has 0 radical (unpaired) electrons. The summed E-state index contributed by atoms with van der Waals surface area (Å²) in [6.07, 6.45) is 0.195. The van der Waals surface area contributed by atoms with Gasteiger partial charge in [-0.05, 0) is 42.8 Å². The maximum atomic E-state index is 14.5. The highest BCUT2D eigenvalue weighted by Crippen LogP contribution is 2.64. The number of carbonyl (C=O) groups excluding carboxylic acids is 2. The minimum atomic E-state index is -3.99. The second-order valence-electron chi connectivity index (χ2n) is 8.90. The molecule has 10 nitrogen and oxygen atoms in total. The van der Waals surface area contributed by atoms with E-state index in [1.165, 1.54) is 18.7 Å². The first kappa shape index (κ1) is 23.6. The zero-order valence-corrected chi connectivity index (χ0v) is 22.0. The molecular formula is C25H24N4O6P2. The maximum absolute atomic E-state index is 14.5. The zero-order chi connectivity index (χ0) is 25.9. The van der Waals surface area contributed by atoms with Crippen LogP contribution in [0.4, 0.5) is 11.4 Å². The number of benzene rings is 3. The van der Waals surface area contributed by atoms with Crippen molar-refractivity contribution in [1.29, 1.82) is 0 Å². The molecule has 2 unspecified atom stereocenters. The minimum absolute atomic E-state index is 0.00605. The van der Waals surface area contributed by atoms with E-state index in [9.17, 15) is 18.7 Å². The molecule has 0 fully saturated rings. The van der Waals surface area contributed by atoms with Crippen LogP contribution in [0, 0.1) is 0 Å². The molecule has 2 amide bonds. The highest BCUT2D eigenvalue weighted by molar-refractivity contribution is 7.60. The first-order valence-corrected chi connectivity index (χ1v) is 14.8. The van der Waals surface area contributed by atoms with Gasteiger partial charge in [-0.25, -0.2) is 18.5 Å². The molecule has 3 aliphatic heterocycles. The van der Waals surface area contributed by atoms with Crippen molar-refractivity contribution in [2.45, 2.75) is 6.42 Å². The number of hydrogen-bond acceptors (Lipinski definition) is 6. The largest absolute Gasteiger partial charge is 0.451 e. The Labute approximate surface area is 214 Å². The van der Waals surface area contributed by atoms with Gasteiger partial charge in [-0.15, -0.1) is 0 Å². The summed E-state index contributed by atoms with van der Waals surface area (Å²) in [4.78, 5) is 27.1. The van der Waals surface area contributed by atoms with Crippen LogP contribution >= 0.6 is 15.3 Å². The molecule has 3 aromatic rings. The van der Waals surface area contributed by atoms with E-state index >= 15 is 0 Å². The van der Waals surface area contributed by atoms with Crippen LogP contribution in [0.1, 0.15) is 27.1 Å². The van der Waals surface area contributed by atoms with Gasteiger partial charge in [-0.3, -0.25) is 18.9 Å². The van der Waals surface area contributed by atoms with Crippen molar-refractivity contribution in [1.82, 2.24) is 9.34 Å². The lowest BCUT2D eigenvalue weighted by Gasteiger charge is -2.41. The number of amides is 2. The number of fused-ring (bicyclic) bond motifs is 5. The normalized spacial score (nSPS) is 24.9. The van der Waals surface area contributed by atoms with Gasteiger partial charge < -0.3 is 9.05 Å². The highest BCUT2D eigenvalue weighted by atomic mass is 31.2. The Kier molecular flexibility index (Phi) is 5.37. The van der Waals surface area contributed by atoms with Crippen molar-refractivity contribution in [3.05, 3.63) is 83.9 Å². The highest BCUT2D eigenvalue weighted by Gasteiger charge is 2.51. The second kappa shape index (κ2) is 8.40. The van der Waals surface area contributed by atoms with E-state index in [-0.39, 0.29) is 31.0 Å².